The van der Waals surface area contributed by atoms with Crippen molar-refractivity contribution in [3.05, 3.63) is 53.1 Å². The molecule has 2 N–H and O–H groups in total. The number of piperidine rings is 1. The molecule has 1 fully saturated rings. The van der Waals surface area contributed by atoms with Crippen molar-refractivity contribution in [2.75, 3.05) is 23.7 Å². The van der Waals surface area contributed by atoms with Crippen LogP contribution in [0.4, 0.5) is 11.4 Å². The van der Waals surface area contributed by atoms with E-state index in [2.05, 4.69) is 42.0 Å². The van der Waals surface area contributed by atoms with Crippen molar-refractivity contribution < 1.29 is 4.74 Å². The van der Waals surface area contributed by atoms with Gasteiger partial charge in [-0.3, -0.25) is 0 Å². The van der Waals surface area contributed by atoms with Crippen LogP contribution >= 0.6 is 11.6 Å². The molecule has 4 heteroatoms. The summed E-state index contributed by atoms with van der Waals surface area (Å²) in [5.41, 5.74) is 8.20. The molecular formula is C20H21ClN2O. The summed E-state index contributed by atoms with van der Waals surface area (Å²) in [6.45, 7) is 3.80. The third-order valence-corrected chi connectivity index (χ3v) is 4.76. The van der Waals surface area contributed by atoms with Crippen LogP contribution in [-0.2, 0) is 0 Å². The summed E-state index contributed by atoms with van der Waals surface area (Å²) in [5, 5.41) is 0.491. The number of aryl methyl sites for hydroxylation is 1. The maximum atomic E-state index is 6.23. The summed E-state index contributed by atoms with van der Waals surface area (Å²) in [7, 11) is 0. The lowest BCUT2D eigenvalue weighted by Gasteiger charge is -2.39. The van der Waals surface area contributed by atoms with Crippen LogP contribution in [-0.4, -0.2) is 18.7 Å². The molecule has 0 amide bonds. The van der Waals surface area contributed by atoms with Gasteiger partial charge in [0.1, 0.15) is 5.75 Å². The third kappa shape index (κ3) is 3.44. The van der Waals surface area contributed by atoms with Crippen LogP contribution in [0.3, 0.4) is 0 Å². The number of nitrogens with two attached hydrogens (primary N) is 1. The Kier molecular flexibility index (Phi) is 4.59. The lowest BCUT2D eigenvalue weighted by Crippen LogP contribution is -2.47. The SMILES string of the molecule is C#CC1(Oc2ccc(N)cc2Cl)CCN(c2cccc(C)c2)CC1. The molecule has 1 saturated heterocycles. The monoisotopic (exact) mass is 340 g/mol. The summed E-state index contributed by atoms with van der Waals surface area (Å²) in [4.78, 5) is 2.34. The van der Waals surface area contributed by atoms with E-state index in [1.165, 1.54) is 11.3 Å². The lowest BCUT2D eigenvalue weighted by molar-refractivity contribution is 0.102. The molecule has 0 aromatic heterocycles. The Morgan fingerprint density at radius 2 is 1.96 bits per heavy atom. The van der Waals surface area contributed by atoms with Gasteiger partial charge in [0.15, 0.2) is 5.60 Å². The summed E-state index contributed by atoms with van der Waals surface area (Å²) in [6, 6.07) is 13.7. The van der Waals surface area contributed by atoms with Gasteiger partial charge in [-0.15, -0.1) is 6.42 Å². The minimum atomic E-state index is -0.625. The molecule has 1 heterocycles. The quantitative estimate of drug-likeness (QED) is 0.669. The minimum Gasteiger partial charge on any atom is -0.473 e. The highest BCUT2D eigenvalue weighted by atomic mass is 35.5. The molecule has 0 unspecified atom stereocenters. The second-order valence-corrected chi connectivity index (χ2v) is 6.66. The van der Waals surface area contributed by atoms with Crippen molar-refractivity contribution in [1.82, 2.24) is 0 Å². The fourth-order valence-electron chi connectivity index (χ4n) is 3.04. The van der Waals surface area contributed by atoms with Gasteiger partial charge in [-0.25, -0.2) is 0 Å². The molecule has 2 aromatic carbocycles. The number of halogens is 1. The highest BCUT2D eigenvalue weighted by Gasteiger charge is 2.35. The number of hydrogen-bond donors (Lipinski definition) is 1. The Balaban J connectivity index is 1.73. The molecule has 0 spiro atoms. The second-order valence-electron chi connectivity index (χ2n) is 6.26. The Bertz CT molecular complexity index is 773. The second kappa shape index (κ2) is 6.67. The Morgan fingerprint density at radius 3 is 2.58 bits per heavy atom. The average Bonchev–Trinajstić information content (AvgIpc) is 2.58. The van der Waals surface area contributed by atoms with Crippen molar-refractivity contribution in [2.45, 2.75) is 25.4 Å². The molecule has 1 aliphatic heterocycles. The van der Waals surface area contributed by atoms with Gasteiger partial charge in [0.2, 0.25) is 0 Å². The van der Waals surface area contributed by atoms with Gasteiger partial charge in [-0.2, -0.15) is 0 Å². The first-order valence-electron chi connectivity index (χ1n) is 8.05. The zero-order chi connectivity index (χ0) is 17.2. The van der Waals surface area contributed by atoms with E-state index in [1.807, 2.05) is 0 Å². The minimum absolute atomic E-state index is 0.491. The van der Waals surface area contributed by atoms with E-state index in [-0.39, 0.29) is 0 Å². The molecule has 0 bridgehead atoms. The van der Waals surface area contributed by atoms with E-state index in [1.54, 1.807) is 18.2 Å². The zero-order valence-electron chi connectivity index (χ0n) is 13.8. The number of anilines is 2. The van der Waals surface area contributed by atoms with E-state index in [0.717, 1.165) is 25.9 Å². The maximum absolute atomic E-state index is 6.23. The fraction of sp³-hybridized carbons (Fsp3) is 0.300. The van der Waals surface area contributed by atoms with E-state index < -0.39 is 5.60 Å². The van der Waals surface area contributed by atoms with Gasteiger partial charge < -0.3 is 15.4 Å². The summed E-state index contributed by atoms with van der Waals surface area (Å²) < 4.78 is 6.14. The molecule has 3 rings (SSSR count). The van der Waals surface area contributed by atoms with Crippen molar-refractivity contribution in [1.29, 1.82) is 0 Å². The highest BCUT2D eigenvalue weighted by Crippen LogP contribution is 2.35. The van der Waals surface area contributed by atoms with E-state index in [0.29, 0.717) is 16.5 Å². The maximum Gasteiger partial charge on any atom is 0.172 e. The van der Waals surface area contributed by atoms with Crippen LogP contribution in [0.15, 0.2) is 42.5 Å². The van der Waals surface area contributed by atoms with E-state index >= 15 is 0 Å². The molecule has 0 saturated carbocycles. The third-order valence-electron chi connectivity index (χ3n) is 4.46. The van der Waals surface area contributed by atoms with Crippen molar-refractivity contribution in [3.8, 4) is 18.1 Å². The molecule has 3 nitrogen and oxygen atoms in total. The van der Waals surface area contributed by atoms with Gasteiger partial charge in [-0.05, 0) is 42.8 Å². The number of rotatable bonds is 3. The average molecular weight is 341 g/mol. The van der Waals surface area contributed by atoms with Crippen LogP contribution in [0.2, 0.25) is 5.02 Å². The van der Waals surface area contributed by atoms with E-state index in [4.69, 9.17) is 28.5 Å². The van der Waals surface area contributed by atoms with Gasteiger partial charge >= 0.3 is 0 Å². The predicted octanol–water partition coefficient (Wildman–Crippen LogP) is 4.28. The Labute approximate surface area is 148 Å². The number of nitrogens with zero attached hydrogens (tertiary/aromatic N) is 1. The number of nitrogen functional groups attached to an aromatic ring is 1. The molecule has 0 aliphatic carbocycles. The number of terminal acetylenes is 1. The molecule has 0 radical (unpaired) electrons. The lowest BCUT2D eigenvalue weighted by atomic mass is 9.91. The molecular weight excluding hydrogens is 320 g/mol. The topological polar surface area (TPSA) is 38.5 Å². The Morgan fingerprint density at radius 1 is 1.21 bits per heavy atom. The normalized spacial score (nSPS) is 16.5. The van der Waals surface area contributed by atoms with Gasteiger partial charge in [0.05, 0.1) is 5.02 Å². The first-order chi connectivity index (χ1) is 11.5. The summed E-state index contributed by atoms with van der Waals surface area (Å²) in [6.07, 6.45) is 7.31. The molecule has 0 atom stereocenters. The number of ether oxygens (including phenoxy) is 1. The number of benzene rings is 2. The van der Waals surface area contributed by atoms with Crippen LogP contribution in [0, 0.1) is 19.3 Å². The van der Waals surface area contributed by atoms with Crippen LogP contribution in [0.1, 0.15) is 18.4 Å². The van der Waals surface area contributed by atoms with Crippen LogP contribution < -0.4 is 15.4 Å². The predicted molar refractivity (Wildman–Crippen MR) is 101 cm³/mol. The van der Waals surface area contributed by atoms with Gasteiger partial charge in [0.25, 0.3) is 0 Å². The van der Waals surface area contributed by atoms with Gasteiger partial charge in [0, 0.05) is 37.3 Å². The van der Waals surface area contributed by atoms with Crippen LogP contribution in [0.25, 0.3) is 0 Å². The molecule has 2 aromatic rings. The molecule has 24 heavy (non-hydrogen) atoms. The van der Waals surface area contributed by atoms with E-state index in [9.17, 15) is 0 Å². The first kappa shape index (κ1) is 16.5. The number of hydrogen-bond acceptors (Lipinski definition) is 3. The van der Waals surface area contributed by atoms with Crippen LogP contribution in [0.5, 0.6) is 5.75 Å². The zero-order valence-corrected chi connectivity index (χ0v) is 14.5. The van der Waals surface area contributed by atoms with Crippen molar-refractivity contribution in [3.63, 3.8) is 0 Å². The molecule has 124 valence electrons. The van der Waals surface area contributed by atoms with Gasteiger partial charge in [-0.1, -0.05) is 29.7 Å². The Hall–Kier alpha value is -2.31. The van der Waals surface area contributed by atoms with Crippen molar-refractivity contribution >= 4 is 23.0 Å². The smallest absolute Gasteiger partial charge is 0.172 e. The standard InChI is InChI=1S/C20H21ClN2O/c1-3-20(24-19-8-7-16(22)14-18(19)21)9-11-23(12-10-20)17-6-4-5-15(2)13-17/h1,4-8,13-14H,9-12,22H2,2H3. The fourth-order valence-corrected chi connectivity index (χ4v) is 3.26. The molecule has 1 aliphatic rings. The highest BCUT2D eigenvalue weighted by molar-refractivity contribution is 6.32. The van der Waals surface area contributed by atoms with Crippen molar-refractivity contribution in [2.24, 2.45) is 0 Å². The first-order valence-corrected chi connectivity index (χ1v) is 8.43. The summed E-state index contributed by atoms with van der Waals surface area (Å²) in [5.74, 6) is 3.44. The summed E-state index contributed by atoms with van der Waals surface area (Å²) >= 11 is 6.23. The largest absolute Gasteiger partial charge is 0.473 e.